The summed E-state index contributed by atoms with van der Waals surface area (Å²) in [7, 11) is 1.62. The zero-order chi connectivity index (χ0) is 14.2. The molecular formula is C14H18N2O4. The van der Waals surface area contributed by atoms with Gasteiger partial charge in [-0.15, -0.1) is 0 Å². The Labute approximate surface area is 117 Å². The van der Waals surface area contributed by atoms with Gasteiger partial charge in [0.2, 0.25) is 0 Å². The van der Waals surface area contributed by atoms with Gasteiger partial charge in [-0.1, -0.05) is 35.5 Å². The van der Waals surface area contributed by atoms with E-state index in [0.29, 0.717) is 32.1 Å². The molecule has 0 saturated carbocycles. The lowest BCUT2D eigenvalue weighted by molar-refractivity contribution is 0.0714. The molecule has 0 saturated heterocycles. The fourth-order valence-electron chi connectivity index (χ4n) is 1.67. The SMILES string of the molecule is COCCOCCc1noc(C(O)c2ccccc2)n1. The van der Waals surface area contributed by atoms with Gasteiger partial charge >= 0.3 is 0 Å². The quantitative estimate of drug-likeness (QED) is 0.735. The monoisotopic (exact) mass is 278 g/mol. The van der Waals surface area contributed by atoms with Crippen molar-refractivity contribution in [3.63, 3.8) is 0 Å². The maximum Gasteiger partial charge on any atom is 0.260 e. The van der Waals surface area contributed by atoms with Gasteiger partial charge in [0.15, 0.2) is 11.9 Å². The molecular weight excluding hydrogens is 260 g/mol. The van der Waals surface area contributed by atoms with Crippen molar-refractivity contribution in [3.05, 3.63) is 47.6 Å². The molecule has 0 bridgehead atoms. The summed E-state index contributed by atoms with van der Waals surface area (Å²) in [6.07, 6.45) is -0.360. The highest BCUT2D eigenvalue weighted by atomic mass is 16.5. The van der Waals surface area contributed by atoms with Gasteiger partial charge in [-0.2, -0.15) is 4.98 Å². The number of aromatic nitrogens is 2. The van der Waals surface area contributed by atoms with Crippen LogP contribution in [0.2, 0.25) is 0 Å². The van der Waals surface area contributed by atoms with Crippen LogP contribution in [0, 0.1) is 0 Å². The molecule has 1 aromatic heterocycles. The van der Waals surface area contributed by atoms with Crippen LogP contribution in [0.1, 0.15) is 23.4 Å². The first-order valence-electron chi connectivity index (χ1n) is 6.43. The Morgan fingerprint density at radius 2 is 2.00 bits per heavy atom. The fourth-order valence-corrected chi connectivity index (χ4v) is 1.67. The van der Waals surface area contributed by atoms with Crippen molar-refractivity contribution < 1.29 is 19.1 Å². The molecule has 20 heavy (non-hydrogen) atoms. The van der Waals surface area contributed by atoms with Crippen LogP contribution < -0.4 is 0 Å². The number of benzene rings is 1. The molecule has 1 atom stereocenters. The Bertz CT molecular complexity index is 501. The number of methoxy groups -OCH3 is 1. The van der Waals surface area contributed by atoms with E-state index in [2.05, 4.69) is 10.1 Å². The first-order chi connectivity index (χ1) is 9.81. The maximum atomic E-state index is 10.1. The minimum atomic E-state index is -0.896. The van der Waals surface area contributed by atoms with Gasteiger partial charge in [0, 0.05) is 13.5 Å². The normalized spacial score (nSPS) is 12.5. The van der Waals surface area contributed by atoms with Crippen molar-refractivity contribution >= 4 is 0 Å². The van der Waals surface area contributed by atoms with Crippen LogP contribution in [-0.2, 0) is 15.9 Å². The van der Waals surface area contributed by atoms with E-state index in [4.69, 9.17) is 14.0 Å². The highest BCUT2D eigenvalue weighted by Crippen LogP contribution is 2.19. The zero-order valence-corrected chi connectivity index (χ0v) is 11.4. The predicted molar refractivity (Wildman–Crippen MR) is 71.2 cm³/mol. The maximum absolute atomic E-state index is 10.1. The first-order valence-corrected chi connectivity index (χ1v) is 6.43. The second-order valence-corrected chi connectivity index (χ2v) is 4.22. The molecule has 0 amide bonds. The number of rotatable bonds is 8. The average Bonchev–Trinajstić information content (AvgIpc) is 2.96. The van der Waals surface area contributed by atoms with Gasteiger partial charge in [0.25, 0.3) is 5.89 Å². The molecule has 0 aliphatic heterocycles. The minimum Gasteiger partial charge on any atom is -0.382 e. The summed E-state index contributed by atoms with van der Waals surface area (Å²) >= 11 is 0. The van der Waals surface area contributed by atoms with E-state index in [0.717, 1.165) is 5.56 Å². The third kappa shape index (κ3) is 4.12. The standard InChI is InChI=1S/C14H18N2O4/c1-18-9-10-19-8-7-12-15-14(20-16-12)13(17)11-5-3-2-4-6-11/h2-6,13,17H,7-10H2,1H3. The van der Waals surface area contributed by atoms with E-state index in [-0.39, 0.29) is 5.89 Å². The predicted octanol–water partition coefficient (Wildman–Crippen LogP) is 1.36. The number of aliphatic hydroxyl groups is 1. The summed E-state index contributed by atoms with van der Waals surface area (Å²) in [4.78, 5) is 4.17. The van der Waals surface area contributed by atoms with E-state index in [9.17, 15) is 5.11 Å². The van der Waals surface area contributed by atoms with Gasteiger partial charge in [0.05, 0.1) is 19.8 Å². The highest BCUT2D eigenvalue weighted by Gasteiger charge is 2.17. The van der Waals surface area contributed by atoms with Crippen LogP contribution >= 0.6 is 0 Å². The number of hydrogen-bond donors (Lipinski definition) is 1. The molecule has 0 aliphatic rings. The van der Waals surface area contributed by atoms with Gasteiger partial charge < -0.3 is 19.1 Å². The Morgan fingerprint density at radius 1 is 1.20 bits per heavy atom. The minimum absolute atomic E-state index is 0.197. The second kappa shape index (κ2) is 7.74. The molecule has 2 aromatic rings. The van der Waals surface area contributed by atoms with E-state index in [1.54, 1.807) is 7.11 Å². The van der Waals surface area contributed by atoms with E-state index < -0.39 is 6.10 Å². The number of hydrogen-bond acceptors (Lipinski definition) is 6. The molecule has 1 N–H and O–H groups in total. The molecule has 6 heteroatoms. The number of nitrogens with zero attached hydrogens (tertiary/aromatic N) is 2. The average molecular weight is 278 g/mol. The third-order valence-corrected chi connectivity index (χ3v) is 2.73. The zero-order valence-electron chi connectivity index (χ0n) is 11.4. The topological polar surface area (TPSA) is 77.6 Å². The first kappa shape index (κ1) is 14.6. The van der Waals surface area contributed by atoms with Crippen molar-refractivity contribution in [2.24, 2.45) is 0 Å². The van der Waals surface area contributed by atoms with Crippen LogP contribution in [0.5, 0.6) is 0 Å². The van der Waals surface area contributed by atoms with E-state index >= 15 is 0 Å². The Kier molecular flexibility index (Phi) is 5.67. The van der Waals surface area contributed by atoms with Crippen molar-refractivity contribution in [1.29, 1.82) is 0 Å². The summed E-state index contributed by atoms with van der Waals surface area (Å²) in [5.74, 6) is 0.718. The Balaban J connectivity index is 1.85. The highest BCUT2D eigenvalue weighted by molar-refractivity contribution is 5.21. The van der Waals surface area contributed by atoms with Crippen LogP contribution in [0.4, 0.5) is 0 Å². The van der Waals surface area contributed by atoms with E-state index in [1.807, 2.05) is 30.3 Å². The van der Waals surface area contributed by atoms with Crippen molar-refractivity contribution in [1.82, 2.24) is 10.1 Å². The molecule has 0 aliphatic carbocycles. The molecule has 1 heterocycles. The Morgan fingerprint density at radius 3 is 2.75 bits per heavy atom. The van der Waals surface area contributed by atoms with Gasteiger partial charge in [-0.05, 0) is 5.56 Å². The van der Waals surface area contributed by atoms with Crippen LogP contribution in [-0.4, -0.2) is 42.2 Å². The second-order valence-electron chi connectivity index (χ2n) is 4.22. The summed E-state index contributed by atoms with van der Waals surface area (Å²) in [6, 6.07) is 9.19. The molecule has 108 valence electrons. The van der Waals surface area contributed by atoms with E-state index in [1.165, 1.54) is 0 Å². The fraction of sp³-hybridized carbons (Fsp3) is 0.429. The van der Waals surface area contributed by atoms with Crippen LogP contribution in [0.3, 0.4) is 0 Å². The van der Waals surface area contributed by atoms with Crippen molar-refractivity contribution in [2.45, 2.75) is 12.5 Å². The lowest BCUT2D eigenvalue weighted by Crippen LogP contribution is -2.06. The molecule has 0 spiro atoms. The number of ether oxygens (including phenoxy) is 2. The summed E-state index contributed by atoms with van der Waals surface area (Å²) in [6.45, 7) is 1.59. The molecule has 1 aromatic carbocycles. The lowest BCUT2D eigenvalue weighted by Gasteiger charge is -2.04. The molecule has 1 unspecified atom stereocenters. The molecule has 2 rings (SSSR count). The number of aliphatic hydroxyl groups excluding tert-OH is 1. The summed E-state index contributed by atoms with van der Waals surface area (Å²) in [5, 5.41) is 13.9. The van der Waals surface area contributed by atoms with Crippen LogP contribution in [0.25, 0.3) is 0 Å². The van der Waals surface area contributed by atoms with Gasteiger partial charge in [0.1, 0.15) is 0 Å². The largest absolute Gasteiger partial charge is 0.382 e. The van der Waals surface area contributed by atoms with Gasteiger partial charge in [-0.25, -0.2) is 0 Å². The third-order valence-electron chi connectivity index (χ3n) is 2.73. The van der Waals surface area contributed by atoms with Crippen LogP contribution in [0.15, 0.2) is 34.9 Å². The molecule has 6 nitrogen and oxygen atoms in total. The lowest BCUT2D eigenvalue weighted by atomic mass is 10.1. The summed E-state index contributed by atoms with van der Waals surface area (Å²) in [5.41, 5.74) is 0.721. The van der Waals surface area contributed by atoms with Crippen molar-refractivity contribution in [3.8, 4) is 0 Å². The molecule has 0 radical (unpaired) electrons. The summed E-state index contributed by atoms with van der Waals surface area (Å²) < 4.78 is 15.3. The molecule has 0 fully saturated rings. The van der Waals surface area contributed by atoms with Crippen molar-refractivity contribution in [2.75, 3.05) is 26.9 Å². The van der Waals surface area contributed by atoms with Gasteiger partial charge in [-0.3, -0.25) is 0 Å². The Hall–Kier alpha value is -1.76. The smallest absolute Gasteiger partial charge is 0.260 e.